The molecule has 3 aromatic rings. The molecule has 0 aliphatic carbocycles. The van der Waals surface area contributed by atoms with Crippen molar-refractivity contribution >= 4 is 44.9 Å². The molecule has 0 saturated carbocycles. The summed E-state index contributed by atoms with van der Waals surface area (Å²) in [5, 5.41) is 22.8. The highest BCUT2D eigenvalue weighted by atomic mass is 32.2. The summed E-state index contributed by atoms with van der Waals surface area (Å²) >= 11 is 2.89. The standard InChI is InChI=1S/C15H13N3O2S2/c1-2-21-15-18-17-14(22-15)16-13(20)11-7-9-5-3-4-6-10(9)8-12(11)19/h3-8,19H,2H2,1H3,(H,16,17,20). The molecule has 0 bridgehead atoms. The number of benzene rings is 2. The highest BCUT2D eigenvalue weighted by Crippen LogP contribution is 2.28. The van der Waals surface area contributed by atoms with E-state index in [1.54, 1.807) is 23.9 Å². The number of anilines is 1. The van der Waals surface area contributed by atoms with Gasteiger partial charge in [-0.25, -0.2) is 0 Å². The molecule has 0 atom stereocenters. The maximum Gasteiger partial charge on any atom is 0.261 e. The molecular formula is C15H13N3O2S2. The van der Waals surface area contributed by atoms with Gasteiger partial charge in [-0.05, 0) is 28.7 Å². The van der Waals surface area contributed by atoms with Crippen LogP contribution in [0.3, 0.4) is 0 Å². The fraction of sp³-hybridized carbons (Fsp3) is 0.133. The largest absolute Gasteiger partial charge is 0.507 e. The summed E-state index contributed by atoms with van der Waals surface area (Å²) in [6, 6.07) is 10.8. The smallest absolute Gasteiger partial charge is 0.261 e. The average molecular weight is 331 g/mol. The highest BCUT2D eigenvalue weighted by Gasteiger charge is 2.15. The molecule has 1 heterocycles. The van der Waals surface area contributed by atoms with Crippen LogP contribution in [0.1, 0.15) is 17.3 Å². The van der Waals surface area contributed by atoms with Gasteiger partial charge in [-0.2, -0.15) is 0 Å². The van der Waals surface area contributed by atoms with Gasteiger partial charge in [0, 0.05) is 0 Å². The zero-order valence-corrected chi connectivity index (χ0v) is 13.4. The topological polar surface area (TPSA) is 75.1 Å². The van der Waals surface area contributed by atoms with Crippen molar-refractivity contribution in [2.24, 2.45) is 0 Å². The molecule has 0 fully saturated rings. The van der Waals surface area contributed by atoms with E-state index in [1.807, 2.05) is 31.2 Å². The first kappa shape index (κ1) is 14.8. The number of aromatic hydroxyl groups is 1. The molecule has 5 nitrogen and oxygen atoms in total. The van der Waals surface area contributed by atoms with Gasteiger partial charge in [0.25, 0.3) is 5.91 Å². The molecule has 2 N–H and O–H groups in total. The van der Waals surface area contributed by atoms with Crippen LogP contribution in [0.25, 0.3) is 10.8 Å². The Morgan fingerprint density at radius 1 is 1.27 bits per heavy atom. The lowest BCUT2D eigenvalue weighted by Crippen LogP contribution is -2.12. The van der Waals surface area contributed by atoms with Gasteiger partial charge >= 0.3 is 0 Å². The third-order valence-electron chi connectivity index (χ3n) is 3.00. The van der Waals surface area contributed by atoms with Crippen molar-refractivity contribution in [3.8, 4) is 5.75 Å². The third kappa shape index (κ3) is 3.05. The van der Waals surface area contributed by atoms with Crippen molar-refractivity contribution in [2.75, 3.05) is 11.1 Å². The monoisotopic (exact) mass is 331 g/mol. The van der Waals surface area contributed by atoms with Crippen LogP contribution in [-0.4, -0.2) is 27.0 Å². The second kappa shape index (κ2) is 6.33. The summed E-state index contributed by atoms with van der Waals surface area (Å²) in [4.78, 5) is 12.3. The summed E-state index contributed by atoms with van der Waals surface area (Å²) in [6.07, 6.45) is 0. The molecule has 2 aromatic carbocycles. The molecule has 3 rings (SSSR count). The molecule has 0 aliphatic heterocycles. The van der Waals surface area contributed by atoms with E-state index >= 15 is 0 Å². The SMILES string of the molecule is CCSc1nnc(NC(=O)c2cc3ccccc3cc2O)s1. The molecule has 0 saturated heterocycles. The summed E-state index contributed by atoms with van der Waals surface area (Å²) in [5.41, 5.74) is 0.221. The van der Waals surface area contributed by atoms with E-state index in [4.69, 9.17) is 0 Å². The Kier molecular flexibility index (Phi) is 4.26. The van der Waals surface area contributed by atoms with Crippen molar-refractivity contribution in [3.63, 3.8) is 0 Å². The van der Waals surface area contributed by atoms with Crippen LogP contribution < -0.4 is 5.32 Å². The molecule has 112 valence electrons. The number of rotatable bonds is 4. The van der Waals surface area contributed by atoms with E-state index in [2.05, 4.69) is 15.5 Å². The molecule has 0 radical (unpaired) electrons. The lowest BCUT2D eigenvalue weighted by Gasteiger charge is -2.06. The van der Waals surface area contributed by atoms with Gasteiger partial charge in [0.2, 0.25) is 5.13 Å². The number of phenolic OH excluding ortho intramolecular Hbond substituents is 1. The Labute approximate surface area is 135 Å². The van der Waals surface area contributed by atoms with Crippen LogP contribution in [0.2, 0.25) is 0 Å². The van der Waals surface area contributed by atoms with Crippen molar-refractivity contribution in [3.05, 3.63) is 42.0 Å². The lowest BCUT2D eigenvalue weighted by atomic mass is 10.1. The minimum atomic E-state index is -0.396. The first-order chi connectivity index (χ1) is 10.7. The minimum Gasteiger partial charge on any atom is -0.507 e. The predicted octanol–water partition coefficient (Wildman–Crippen LogP) is 3.76. The van der Waals surface area contributed by atoms with Crippen LogP contribution >= 0.6 is 23.1 Å². The number of phenols is 1. The number of thioether (sulfide) groups is 1. The summed E-state index contributed by atoms with van der Waals surface area (Å²) < 4.78 is 0.806. The molecular weight excluding hydrogens is 318 g/mol. The van der Waals surface area contributed by atoms with Crippen LogP contribution in [-0.2, 0) is 0 Å². The number of aromatic nitrogens is 2. The van der Waals surface area contributed by atoms with Gasteiger partial charge in [-0.15, -0.1) is 10.2 Å². The quantitative estimate of drug-likeness (QED) is 0.562. The second-order valence-electron chi connectivity index (χ2n) is 4.48. The highest BCUT2D eigenvalue weighted by molar-refractivity contribution is 8.01. The fourth-order valence-electron chi connectivity index (χ4n) is 2.02. The number of amides is 1. The number of hydrogen-bond donors (Lipinski definition) is 2. The van der Waals surface area contributed by atoms with E-state index in [1.165, 1.54) is 11.3 Å². The van der Waals surface area contributed by atoms with Crippen molar-refractivity contribution in [2.45, 2.75) is 11.3 Å². The number of carbonyl (C=O) groups excluding carboxylic acids is 1. The molecule has 1 amide bonds. The number of hydrogen-bond acceptors (Lipinski definition) is 6. The van der Waals surface area contributed by atoms with Crippen molar-refractivity contribution in [1.29, 1.82) is 0 Å². The Morgan fingerprint density at radius 3 is 2.73 bits per heavy atom. The van der Waals surface area contributed by atoms with Crippen molar-refractivity contribution in [1.82, 2.24) is 10.2 Å². The van der Waals surface area contributed by atoms with Crippen LogP contribution in [0, 0.1) is 0 Å². The van der Waals surface area contributed by atoms with E-state index in [-0.39, 0.29) is 11.3 Å². The normalized spacial score (nSPS) is 10.8. The van der Waals surface area contributed by atoms with E-state index in [9.17, 15) is 9.90 Å². The first-order valence-electron chi connectivity index (χ1n) is 6.67. The molecule has 0 aliphatic rings. The zero-order valence-electron chi connectivity index (χ0n) is 11.7. The number of carbonyl (C=O) groups is 1. The van der Waals surface area contributed by atoms with E-state index < -0.39 is 5.91 Å². The Hall–Kier alpha value is -2.12. The second-order valence-corrected chi connectivity index (χ2v) is 6.97. The van der Waals surface area contributed by atoms with Crippen LogP contribution in [0.5, 0.6) is 5.75 Å². The van der Waals surface area contributed by atoms with Gasteiger partial charge < -0.3 is 5.11 Å². The summed E-state index contributed by atoms with van der Waals surface area (Å²) in [5.74, 6) is 0.449. The maximum atomic E-state index is 12.3. The molecule has 7 heteroatoms. The average Bonchev–Trinajstić information content (AvgIpc) is 2.94. The Balaban J connectivity index is 1.86. The predicted molar refractivity (Wildman–Crippen MR) is 89.9 cm³/mol. The van der Waals surface area contributed by atoms with E-state index in [0.717, 1.165) is 20.9 Å². The third-order valence-corrected chi connectivity index (χ3v) is 4.86. The zero-order chi connectivity index (χ0) is 15.5. The fourth-order valence-corrected chi connectivity index (χ4v) is 3.66. The molecule has 0 spiro atoms. The van der Waals surface area contributed by atoms with Crippen LogP contribution in [0.4, 0.5) is 5.13 Å². The summed E-state index contributed by atoms with van der Waals surface area (Å²) in [6.45, 7) is 2.03. The van der Waals surface area contributed by atoms with E-state index in [0.29, 0.717) is 5.13 Å². The number of fused-ring (bicyclic) bond motifs is 1. The lowest BCUT2D eigenvalue weighted by molar-refractivity contribution is 0.102. The Bertz CT molecular complexity index is 833. The van der Waals surface area contributed by atoms with Gasteiger partial charge in [0.05, 0.1) is 5.56 Å². The van der Waals surface area contributed by atoms with Gasteiger partial charge in [0.1, 0.15) is 5.75 Å². The van der Waals surface area contributed by atoms with Crippen LogP contribution in [0.15, 0.2) is 40.7 Å². The molecule has 0 unspecified atom stereocenters. The molecule has 22 heavy (non-hydrogen) atoms. The number of nitrogens with zero attached hydrogens (tertiary/aromatic N) is 2. The Morgan fingerprint density at radius 2 is 2.00 bits per heavy atom. The first-order valence-corrected chi connectivity index (χ1v) is 8.47. The van der Waals surface area contributed by atoms with Crippen molar-refractivity contribution < 1.29 is 9.90 Å². The van der Waals surface area contributed by atoms with Gasteiger partial charge in [-0.1, -0.05) is 54.3 Å². The minimum absolute atomic E-state index is 0.0520. The number of nitrogens with one attached hydrogen (secondary N) is 1. The van der Waals surface area contributed by atoms with Gasteiger partial charge in [0.15, 0.2) is 4.34 Å². The maximum absolute atomic E-state index is 12.3. The molecule has 1 aromatic heterocycles. The van der Waals surface area contributed by atoms with Gasteiger partial charge in [-0.3, -0.25) is 10.1 Å². The summed E-state index contributed by atoms with van der Waals surface area (Å²) in [7, 11) is 0.